The Morgan fingerprint density at radius 3 is 2.59 bits per heavy atom. The topological polar surface area (TPSA) is 50.4 Å². The number of alkyl carbamates (subject to hydrolysis) is 1. The van der Waals surface area contributed by atoms with E-state index in [0.29, 0.717) is 6.54 Å². The Hall–Kier alpha value is -1.52. The molecule has 122 valence electrons. The van der Waals surface area contributed by atoms with Crippen molar-refractivity contribution in [3.8, 4) is 0 Å². The van der Waals surface area contributed by atoms with Gasteiger partial charge < -0.3 is 15.4 Å². The van der Waals surface area contributed by atoms with Gasteiger partial charge in [-0.3, -0.25) is 0 Å². The highest BCUT2D eigenvalue weighted by atomic mass is 35.5. The number of hydrogen-bond acceptors (Lipinski definition) is 3. The number of carbonyl (C=O) groups is 1. The average Bonchev–Trinajstić information content (AvgIpc) is 2.37. The number of hydrogen-bond donors (Lipinski definition) is 2. The van der Waals surface area contributed by atoms with Crippen LogP contribution in [-0.4, -0.2) is 24.8 Å². The van der Waals surface area contributed by atoms with Crippen molar-refractivity contribution in [3.05, 3.63) is 46.5 Å². The van der Waals surface area contributed by atoms with Crippen molar-refractivity contribution in [2.45, 2.75) is 39.8 Å². The third-order valence-electron chi connectivity index (χ3n) is 2.81. The summed E-state index contributed by atoms with van der Waals surface area (Å²) >= 11 is 5.92. The number of rotatable bonds is 6. The van der Waals surface area contributed by atoms with Crippen molar-refractivity contribution in [1.82, 2.24) is 10.6 Å². The molecule has 5 heteroatoms. The summed E-state index contributed by atoms with van der Waals surface area (Å²) in [6.45, 7) is 9.53. The van der Waals surface area contributed by atoms with Crippen molar-refractivity contribution >= 4 is 17.7 Å². The number of aryl methyl sites for hydroxylation is 1. The van der Waals surface area contributed by atoms with Crippen LogP contribution in [0, 0.1) is 6.92 Å². The van der Waals surface area contributed by atoms with Gasteiger partial charge in [-0.25, -0.2) is 4.79 Å². The Labute approximate surface area is 137 Å². The van der Waals surface area contributed by atoms with Gasteiger partial charge in [0, 0.05) is 24.7 Å². The van der Waals surface area contributed by atoms with Crippen molar-refractivity contribution < 1.29 is 9.53 Å². The van der Waals surface area contributed by atoms with E-state index in [4.69, 9.17) is 16.3 Å². The first-order valence-corrected chi connectivity index (χ1v) is 7.73. The van der Waals surface area contributed by atoms with Crippen molar-refractivity contribution in [3.63, 3.8) is 0 Å². The molecule has 4 nitrogen and oxygen atoms in total. The van der Waals surface area contributed by atoms with Crippen LogP contribution in [0.25, 0.3) is 0 Å². The van der Waals surface area contributed by atoms with Crippen LogP contribution in [0.3, 0.4) is 0 Å². The van der Waals surface area contributed by atoms with Gasteiger partial charge in [0.25, 0.3) is 0 Å². The zero-order valence-electron chi connectivity index (χ0n) is 13.7. The summed E-state index contributed by atoms with van der Waals surface area (Å²) < 4.78 is 5.14. The Balaban J connectivity index is 2.18. The normalized spacial score (nSPS) is 11.7. The van der Waals surface area contributed by atoms with Crippen LogP contribution >= 0.6 is 11.6 Å². The van der Waals surface area contributed by atoms with E-state index in [1.807, 2.05) is 58.0 Å². The van der Waals surface area contributed by atoms with Gasteiger partial charge >= 0.3 is 6.09 Å². The third-order valence-corrected chi connectivity index (χ3v) is 3.05. The standard InChI is InChI=1S/C17H25ClN2O2/c1-13-11-15(18)8-7-14(13)12-19-9-5-6-10-20-16(21)22-17(2,3)4/h5-8,11,19H,9-10,12H2,1-4H3,(H,20,21)/b6-5+. The molecule has 22 heavy (non-hydrogen) atoms. The highest BCUT2D eigenvalue weighted by Crippen LogP contribution is 2.14. The number of halogens is 1. The van der Waals surface area contributed by atoms with Crippen LogP contribution in [0.4, 0.5) is 4.79 Å². The molecule has 0 aliphatic rings. The van der Waals surface area contributed by atoms with E-state index in [1.54, 1.807) is 0 Å². The molecule has 0 aromatic heterocycles. The predicted octanol–water partition coefficient (Wildman–Crippen LogP) is 3.82. The minimum atomic E-state index is -0.466. The van der Waals surface area contributed by atoms with E-state index < -0.39 is 11.7 Å². The fraction of sp³-hybridized carbons (Fsp3) is 0.471. The van der Waals surface area contributed by atoms with E-state index in [0.717, 1.165) is 18.1 Å². The molecule has 1 aromatic rings. The lowest BCUT2D eigenvalue weighted by Crippen LogP contribution is -2.32. The van der Waals surface area contributed by atoms with E-state index in [9.17, 15) is 4.79 Å². The van der Waals surface area contributed by atoms with E-state index >= 15 is 0 Å². The smallest absolute Gasteiger partial charge is 0.407 e. The van der Waals surface area contributed by atoms with Crippen molar-refractivity contribution in [2.75, 3.05) is 13.1 Å². The first kappa shape index (κ1) is 18.5. The summed E-state index contributed by atoms with van der Waals surface area (Å²) in [5.41, 5.74) is 1.94. The number of benzene rings is 1. The fourth-order valence-corrected chi connectivity index (χ4v) is 2.00. The molecule has 0 atom stereocenters. The monoisotopic (exact) mass is 324 g/mol. The fourth-order valence-electron chi connectivity index (χ4n) is 1.77. The second-order valence-electron chi connectivity index (χ2n) is 6.06. The van der Waals surface area contributed by atoms with Crippen LogP contribution in [-0.2, 0) is 11.3 Å². The molecule has 1 rings (SSSR count). The van der Waals surface area contributed by atoms with Crippen molar-refractivity contribution in [1.29, 1.82) is 0 Å². The molecule has 0 radical (unpaired) electrons. The molecule has 0 bridgehead atoms. The largest absolute Gasteiger partial charge is 0.444 e. The van der Waals surface area contributed by atoms with Crippen molar-refractivity contribution in [2.24, 2.45) is 0 Å². The van der Waals surface area contributed by atoms with Crippen LogP contribution in [0.1, 0.15) is 31.9 Å². The Morgan fingerprint density at radius 1 is 1.27 bits per heavy atom. The molecule has 1 aromatic carbocycles. The van der Waals surface area contributed by atoms with Crippen LogP contribution < -0.4 is 10.6 Å². The number of ether oxygens (including phenoxy) is 1. The highest BCUT2D eigenvalue weighted by Gasteiger charge is 2.14. The number of nitrogens with one attached hydrogen (secondary N) is 2. The lowest BCUT2D eigenvalue weighted by atomic mass is 10.1. The zero-order chi connectivity index (χ0) is 16.6. The number of amides is 1. The maximum absolute atomic E-state index is 11.4. The summed E-state index contributed by atoms with van der Waals surface area (Å²) in [7, 11) is 0. The summed E-state index contributed by atoms with van der Waals surface area (Å²) in [6.07, 6.45) is 3.47. The second kappa shape index (κ2) is 8.81. The zero-order valence-corrected chi connectivity index (χ0v) is 14.5. The Kier molecular flexibility index (Phi) is 7.42. The molecule has 0 saturated carbocycles. The van der Waals surface area contributed by atoms with Crippen LogP contribution in [0.5, 0.6) is 0 Å². The minimum Gasteiger partial charge on any atom is -0.444 e. The molecule has 0 unspecified atom stereocenters. The molecule has 0 spiro atoms. The van der Waals surface area contributed by atoms with Gasteiger partial charge in [-0.1, -0.05) is 29.8 Å². The van der Waals surface area contributed by atoms with Crippen LogP contribution in [0.15, 0.2) is 30.4 Å². The van der Waals surface area contributed by atoms with E-state index in [2.05, 4.69) is 10.6 Å². The molecular formula is C17H25ClN2O2. The second-order valence-corrected chi connectivity index (χ2v) is 6.49. The molecule has 0 saturated heterocycles. The minimum absolute atomic E-state index is 0.401. The molecule has 0 fully saturated rings. The van der Waals surface area contributed by atoms with Crippen LogP contribution in [0.2, 0.25) is 5.02 Å². The van der Waals surface area contributed by atoms with Gasteiger partial charge in [-0.15, -0.1) is 0 Å². The summed E-state index contributed by atoms with van der Waals surface area (Å²) in [5.74, 6) is 0. The van der Waals surface area contributed by atoms with E-state index in [-0.39, 0.29) is 0 Å². The first-order valence-electron chi connectivity index (χ1n) is 7.35. The van der Waals surface area contributed by atoms with E-state index in [1.165, 1.54) is 11.1 Å². The quantitative estimate of drug-likeness (QED) is 0.618. The Bertz CT molecular complexity index is 522. The molecule has 2 N–H and O–H groups in total. The average molecular weight is 325 g/mol. The maximum atomic E-state index is 11.4. The van der Waals surface area contributed by atoms with Gasteiger partial charge in [-0.05, 0) is 51.0 Å². The molecular weight excluding hydrogens is 300 g/mol. The lowest BCUT2D eigenvalue weighted by Gasteiger charge is -2.19. The molecule has 0 aliphatic carbocycles. The summed E-state index contributed by atoms with van der Waals surface area (Å²) in [4.78, 5) is 11.4. The first-order chi connectivity index (χ1) is 10.3. The lowest BCUT2D eigenvalue weighted by molar-refractivity contribution is 0.0534. The predicted molar refractivity (Wildman–Crippen MR) is 91.3 cm³/mol. The number of carbonyl (C=O) groups excluding carboxylic acids is 1. The molecule has 0 heterocycles. The van der Waals surface area contributed by atoms with Gasteiger partial charge in [0.15, 0.2) is 0 Å². The molecule has 0 aliphatic heterocycles. The van der Waals surface area contributed by atoms with Gasteiger partial charge in [0.1, 0.15) is 5.60 Å². The van der Waals surface area contributed by atoms with Gasteiger partial charge in [0.2, 0.25) is 0 Å². The molecule has 1 amide bonds. The van der Waals surface area contributed by atoms with Gasteiger partial charge in [-0.2, -0.15) is 0 Å². The summed E-state index contributed by atoms with van der Waals surface area (Å²) in [5, 5.41) is 6.75. The highest BCUT2D eigenvalue weighted by molar-refractivity contribution is 6.30. The van der Waals surface area contributed by atoms with Gasteiger partial charge in [0.05, 0.1) is 0 Å². The third kappa shape index (κ3) is 8.05. The summed E-state index contributed by atoms with van der Waals surface area (Å²) in [6, 6.07) is 5.88. The SMILES string of the molecule is Cc1cc(Cl)ccc1CNC/C=C/CNC(=O)OC(C)(C)C. The maximum Gasteiger partial charge on any atom is 0.407 e. The Morgan fingerprint density at radius 2 is 1.95 bits per heavy atom.